The van der Waals surface area contributed by atoms with Crippen LogP contribution in [0.4, 0.5) is 0 Å². The number of nitriles is 1. The van der Waals surface area contributed by atoms with Crippen LogP contribution < -0.4 is 8.92 Å². The summed E-state index contributed by atoms with van der Waals surface area (Å²) in [4.78, 5) is -0.00522. The van der Waals surface area contributed by atoms with Gasteiger partial charge in [-0.1, -0.05) is 60.7 Å². The van der Waals surface area contributed by atoms with Crippen LogP contribution in [-0.2, 0) is 10.1 Å². The maximum absolute atomic E-state index is 13.4. The zero-order chi connectivity index (χ0) is 24.4. The average Bonchev–Trinajstić information content (AvgIpc) is 3.22. The summed E-state index contributed by atoms with van der Waals surface area (Å²) in [6.45, 7) is 0. The van der Waals surface area contributed by atoms with Crippen LogP contribution >= 0.6 is 0 Å². The van der Waals surface area contributed by atoms with Gasteiger partial charge in [-0.15, -0.1) is 0 Å². The van der Waals surface area contributed by atoms with Gasteiger partial charge < -0.3 is 13.3 Å². The second-order valence-electron chi connectivity index (χ2n) is 7.78. The molecule has 5 rings (SSSR count). The number of rotatable bonds is 6. The first-order chi connectivity index (χ1) is 17.0. The van der Waals surface area contributed by atoms with Crippen molar-refractivity contribution in [1.29, 1.82) is 5.26 Å². The highest BCUT2D eigenvalue weighted by Crippen LogP contribution is 2.45. The van der Waals surface area contributed by atoms with E-state index in [0.717, 1.165) is 16.8 Å². The van der Waals surface area contributed by atoms with Crippen molar-refractivity contribution in [3.8, 4) is 40.0 Å². The summed E-state index contributed by atoms with van der Waals surface area (Å²) in [7, 11) is -2.69. The molecule has 0 unspecified atom stereocenters. The van der Waals surface area contributed by atoms with Gasteiger partial charge in [0, 0.05) is 6.20 Å². The van der Waals surface area contributed by atoms with Crippen molar-refractivity contribution in [2.45, 2.75) is 4.90 Å². The monoisotopic (exact) mass is 480 g/mol. The van der Waals surface area contributed by atoms with E-state index in [0.29, 0.717) is 22.4 Å². The molecule has 5 aromatic rings. The van der Waals surface area contributed by atoms with E-state index in [1.165, 1.54) is 19.2 Å². The number of fused-ring (bicyclic) bond motifs is 1. The Morgan fingerprint density at radius 2 is 1.46 bits per heavy atom. The molecule has 7 heteroatoms. The third kappa shape index (κ3) is 4.12. The predicted octanol–water partition coefficient (Wildman–Crippen LogP) is 5.92. The van der Waals surface area contributed by atoms with E-state index in [4.69, 9.17) is 8.92 Å². The molecule has 0 aliphatic carbocycles. The van der Waals surface area contributed by atoms with Crippen LogP contribution in [0.5, 0.6) is 11.5 Å². The molecule has 0 aliphatic heterocycles. The van der Waals surface area contributed by atoms with E-state index in [1.807, 2.05) is 65.1 Å². The van der Waals surface area contributed by atoms with Crippen LogP contribution in [0.25, 0.3) is 27.9 Å². The maximum Gasteiger partial charge on any atom is 0.339 e. The minimum Gasteiger partial charge on any atom is -0.497 e. The second-order valence-corrected chi connectivity index (χ2v) is 9.33. The standard InChI is InChI=1S/C28H20N2O4S/c1-33-23-12-14-24(15-13-23)35(31,32)34-28-25-18-20(19-29)16-17-30(25)27(22-10-6-3-7-11-22)26(28)21-8-4-2-5-9-21/h2-18H,1H3. The molecule has 6 nitrogen and oxygen atoms in total. The van der Waals surface area contributed by atoms with Crippen LogP contribution in [0.15, 0.2) is 108 Å². The highest BCUT2D eigenvalue weighted by atomic mass is 32.2. The molecular weight excluding hydrogens is 460 g/mol. The molecular formula is C28H20N2O4S. The summed E-state index contributed by atoms with van der Waals surface area (Å²) >= 11 is 0. The Bertz CT molecular complexity index is 1650. The van der Waals surface area contributed by atoms with Crippen LogP contribution in [0.1, 0.15) is 5.56 Å². The Balaban J connectivity index is 1.81. The molecule has 0 bridgehead atoms. The normalized spacial score (nSPS) is 11.2. The van der Waals surface area contributed by atoms with Gasteiger partial charge in [-0.2, -0.15) is 13.7 Å². The molecule has 0 fully saturated rings. The highest BCUT2D eigenvalue weighted by molar-refractivity contribution is 7.87. The molecule has 0 N–H and O–H groups in total. The van der Waals surface area contributed by atoms with E-state index < -0.39 is 10.1 Å². The molecule has 0 spiro atoms. The Morgan fingerprint density at radius 1 is 0.829 bits per heavy atom. The second kappa shape index (κ2) is 9.01. The summed E-state index contributed by atoms with van der Waals surface area (Å²) in [6, 6.07) is 30.6. The van der Waals surface area contributed by atoms with Gasteiger partial charge in [0.05, 0.1) is 35.5 Å². The van der Waals surface area contributed by atoms with Crippen LogP contribution in [0, 0.1) is 11.3 Å². The Morgan fingerprint density at radius 3 is 2.06 bits per heavy atom. The number of pyridine rings is 1. The molecule has 3 aromatic carbocycles. The smallest absolute Gasteiger partial charge is 0.339 e. The zero-order valence-electron chi connectivity index (χ0n) is 18.8. The topological polar surface area (TPSA) is 80.8 Å². The SMILES string of the molecule is COc1ccc(S(=O)(=O)Oc2c(-c3ccccc3)c(-c3ccccc3)n3ccc(C#N)cc23)cc1. The molecule has 0 aliphatic rings. The van der Waals surface area contributed by atoms with E-state index in [2.05, 4.69) is 6.07 Å². The number of hydrogen-bond donors (Lipinski definition) is 0. The van der Waals surface area contributed by atoms with Gasteiger partial charge in [-0.25, -0.2) is 0 Å². The Labute approximate surface area is 203 Å². The molecule has 0 amide bonds. The summed E-state index contributed by atoms with van der Waals surface area (Å²) in [5.74, 6) is 0.691. The van der Waals surface area contributed by atoms with Gasteiger partial charge in [0.2, 0.25) is 0 Å². The quantitative estimate of drug-likeness (QED) is 0.282. The lowest BCUT2D eigenvalue weighted by atomic mass is 10.0. The molecule has 0 radical (unpaired) electrons. The lowest BCUT2D eigenvalue weighted by Gasteiger charge is -2.11. The fourth-order valence-corrected chi connectivity index (χ4v) is 4.99. The number of aromatic nitrogens is 1. The predicted molar refractivity (Wildman–Crippen MR) is 134 cm³/mol. The minimum atomic E-state index is -4.20. The van der Waals surface area contributed by atoms with Crippen LogP contribution in [-0.4, -0.2) is 19.9 Å². The number of nitrogens with zero attached hydrogens (tertiary/aromatic N) is 2. The molecule has 0 atom stereocenters. The number of hydrogen-bond acceptors (Lipinski definition) is 5. The third-order valence-electron chi connectivity index (χ3n) is 5.67. The van der Waals surface area contributed by atoms with Crippen molar-refractivity contribution < 1.29 is 17.3 Å². The zero-order valence-corrected chi connectivity index (χ0v) is 19.6. The lowest BCUT2D eigenvalue weighted by Crippen LogP contribution is -2.10. The van der Waals surface area contributed by atoms with Crippen LogP contribution in [0.3, 0.4) is 0 Å². The average molecular weight is 481 g/mol. The van der Waals surface area contributed by atoms with Gasteiger partial charge in [-0.3, -0.25) is 0 Å². The van der Waals surface area contributed by atoms with Gasteiger partial charge >= 0.3 is 10.1 Å². The maximum atomic E-state index is 13.4. The fourth-order valence-electron chi connectivity index (χ4n) is 4.03. The van der Waals surface area contributed by atoms with Crippen LogP contribution in [0.2, 0.25) is 0 Å². The van der Waals surface area contributed by atoms with Crippen molar-refractivity contribution in [1.82, 2.24) is 4.40 Å². The third-order valence-corrected chi connectivity index (χ3v) is 6.91. The van der Waals surface area contributed by atoms with Crippen molar-refractivity contribution in [2.24, 2.45) is 0 Å². The summed E-state index contributed by atoms with van der Waals surface area (Å²) in [5.41, 5.74) is 3.90. The summed E-state index contributed by atoms with van der Waals surface area (Å²) < 4.78 is 39.6. The number of methoxy groups -OCH3 is 1. The summed E-state index contributed by atoms with van der Waals surface area (Å²) in [5, 5.41) is 9.53. The van der Waals surface area contributed by atoms with Crippen molar-refractivity contribution in [3.05, 3.63) is 109 Å². The molecule has 2 aromatic heterocycles. The van der Waals surface area contributed by atoms with Gasteiger partial charge in [0.25, 0.3) is 0 Å². The first-order valence-corrected chi connectivity index (χ1v) is 12.2. The lowest BCUT2D eigenvalue weighted by molar-refractivity contribution is 0.414. The molecule has 0 saturated carbocycles. The minimum absolute atomic E-state index is 0.00522. The molecule has 2 heterocycles. The van der Waals surface area contributed by atoms with Crippen molar-refractivity contribution in [3.63, 3.8) is 0 Å². The van der Waals surface area contributed by atoms with Gasteiger partial charge in [0.1, 0.15) is 10.6 Å². The summed E-state index contributed by atoms with van der Waals surface area (Å²) in [6.07, 6.45) is 1.76. The van der Waals surface area contributed by atoms with Gasteiger partial charge in [-0.05, 0) is 47.5 Å². The first-order valence-electron chi connectivity index (χ1n) is 10.8. The molecule has 0 saturated heterocycles. The van der Waals surface area contributed by atoms with E-state index in [-0.39, 0.29) is 10.6 Å². The van der Waals surface area contributed by atoms with Crippen molar-refractivity contribution in [2.75, 3.05) is 7.11 Å². The number of ether oxygens (including phenoxy) is 1. The largest absolute Gasteiger partial charge is 0.497 e. The Kier molecular flexibility index (Phi) is 5.73. The first kappa shape index (κ1) is 22.3. The van der Waals surface area contributed by atoms with E-state index in [9.17, 15) is 13.7 Å². The fraction of sp³-hybridized carbons (Fsp3) is 0.0357. The number of benzene rings is 3. The molecule has 35 heavy (non-hydrogen) atoms. The highest BCUT2D eigenvalue weighted by Gasteiger charge is 2.27. The Hall–Kier alpha value is -4.54. The molecule has 172 valence electrons. The van der Waals surface area contributed by atoms with E-state index in [1.54, 1.807) is 30.5 Å². The van der Waals surface area contributed by atoms with Gasteiger partial charge in [0.15, 0.2) is 5.75 Å². The van der Waals surface area contributed by atoms with E-state index >= 15 is 0 Å². The van der Waals surface area contributed by atoms with Crippen molar-refractivity contribution >= 4 is 15.6 Å².